The number of urea groups is 1. The lowest BCUT2D eigenvalue weighted by atomic mass is 9.53. The fourth-order valence-corrected chi connectivity index (χ4v) is 6.64. The third-order valence-corrected chi connectivity index (χ3v) is 7.61. The molecule has 0 spiro atoms. The van der Waals surface area contributed by atoms with Gasteiger partial charge in [0.15, 0.2) is 0 Å². The molecule has 0 radical (unpaired) electrons. The zero-order chi connectivity index (χ0) is 22.7. The number of carbonyl (C=O) groups excluding carboxylic acids is 2. The van der Waals surface area contributed by atoms with Gasteiger partial charge < -0.3 is 15.5 Å². The standard InChI is InChI=1S/C26H33N5O2/c32-24(31(17-19-3-7-27-8-4-19)18-20-2-1-6-28-16-20)5-9-29-25(33)30-26-13-21-10-22(14-26)12-23(11-21)15-26/h1-4,6-8,16,21-23H,5,9-15,17-18H2,(H2,29,30,33). The normalized spacial score (nSPS) is 27.2. The number of pyridine rings is 2. The Morgan fingerprint density at radius 3 is 2.21 bits per heavy atom. The summed E-state index contributed by atoms with van der Waals surface area (Å²) < 4.78 is 0. The third kappa shape index (κ3) is 5.34. The highest BCUT2D eigenvalue weighted by Crippen LogP contribution is 2.55. The molecule has 6 rings (SSSR count). The SMILES string of the molecule is O=C(NCCC(=O)N(Cc1ccncc1)Cc1cccnc1)NC12CC3CC(CC(C3)C1)C2. The van der Waals surface area contributed by atoms with Gasteiger partial charge in [-0.05, 0) is 85.6 Å². The Morgan fingerprint density at radius 1 is 0.909 bits per heavy atom. The summed E-state index contributed by atoms with van der Waals surface area (Å²) in [4.78, 5) is 35.8. The summed E-state index contributed by atoms with van der Waals surface area (Å²) in [7, 11) is 0. The molecule has 174 valence electrons. The average molecular weight is 448 g/mol. The van der Waals surface area contributed by atoms with E-state index in [0.29, 0.717) is 19.6 Å². The van der Waals surface area contributed by atoms with Crippen molar-refractivity contribution < 1.29 is 9.59 Å². The topological polar surface area (TPSA) is 87.2 Å². The lowest BCUT2D eigenvalue weighted by Gasteiger charge is -2.56. The van der Waals surface area contributed by atoms with E-state index in [1.54, 1.807) is 24.8 Å². The van der Waals surface area contributed by atoms with Gasteiger partial charge in [-0.15, -0.1) is 0 Å². The van der Waals surface area contributed by atoms with E-state index < -0.39 is 0 Å². The van der Waals surface area contributed by atoms with Crippen LogP contribution in [0.2, 0.25) is 0 Å². The first kappa shape index (κ1) is 21.9. The molecule has 0 saturated heterocycles. The quantitative estimate of drug-likeness (QED) is 0.647. The maximum absolute atomic E-state index is 13.1. The van der Waals surface area contributed by atoms with Crippen molar-refractivity contribution in [1.82, 2.24) is 25.5 Å². The van der Waals surface area contributed by atoms with Crippen molar-refractivity contribution >= 4 is 11.9 Å². The Balaban J connectivity index is 1.14. The van der Waals surface area contributed by atoms with Crippen LogP contribution < -0.4 is 10.6 Å². The number of hydrogen-bond donors (Lipinski definition) is 2. The Kier molecular flexibility index (Phi) is 6.29. The summed E-state index contributed by atoms with van der Waals surface area (Å²) in [6.45, 7) is 1.31. The number of hydrogen-bond acceptors (Lipinski definition) is 4. The maximum atomic E-state index is 13.1. The Bertz CT molecular complexity index is 888. The van der Waals surface area contributed by atoms with E-state index >= 15 is 0 Å². The summed E-state index contributed by atoms with van der Waals surface area (Å²) in [5, 5.41) is 6.27. The molecule has 33 heavy (non-hydrogen) atoms. The molecule has 4 bridgehead atoms. The first-order valence-electron chi connectivity index (χ1n) is 12.2. The molecule has 7 nitrogen and oxygen atoms in total. The minimum absolute atomic E-state index is 0.00534. The molecule has 2 heterocycles. The highest BCUT2D eigenvalue weighted by atomic mass is 16.2. The van der Waals surface area contributed by atoms with Crippen LogP contribution in [0, 0.1) is 17.8 Å². The van der Waals surface area contributed by atoms with Crippen LogP contribution in [-0.4, -0.2) is 38.9 Å². The van der Waals surface area contributed by atoms with Gasteiger partial charge >= 0.3 is 6.03 Å². The molecular weight excluding hydrogens is 414 g/mol. The zero-order valence-corrected chi connectivity index (χ0v) is 19.1. The number of aromatic nitrogens is 2. The molecule has 4 fully saturated rings. The van der Waals surface area contributed by atoms with Gasteiger partial charge in [0, 0.05) is 56.4 Å². The lowest BCUT2D eigenvalue weighted by molar-refractivity contribution is -0.132. The van der Waals surface area contributed by atoms with Gasteiger partial charge in [0.05, 0.1) is 0 Å². The van der Waals surface area contributed by atoms with Crippen molar-refractivity contribution in [2.24, 2.45) is 17.8 Å². The Hall–Kier alpha value is -2.96. The molecule has 0 aliphatic heterocycles. The second-order valence-electron chi connectivity index (χ2n) is 10.3. The fourth-order valence-electron chi connectivity index (χ4n) is 6.64. The van der Waals surface area contributed by atoms with Gasteiger partial charge in [-0.1, -0.05) is 6.07 Å². The molecule has 3 amide bonds. The van der Waals surface area contributed by atoms with E-state index in [-0.39, 0.29) is 23.9 Å². The van der Waals surface area contributed by atoms with Crippen molar-refractivity contribution in [3.8, 4) is 0 Å². The first-order chi connectivity index (χ1) is 16.1. The lowest BCUT2D eigenvalue weighted by Crippen LogP contribution is -2.61. The van der Waals surface area contributed by atoms with Crippen molar-refractivity contribution in [3.63, 3.8) is 0 Å². The van der Waals surface area contributed by atoms with Crippen LogP contribution in [0.5, 0.6) is 0 Å². The third-order valence-electron chi connectivity index (χ3n) is 7.61. The van der Waals surface area contributed by atoms with E-state index in [4.69, 9.17) is 0 Å². The predicted molar refractivity (Wildman–Crippen MR) is 125 cm³/mol. The first-order valence-corrected chi connectivity index (χ1v) is 12.2. The maximum Gasteiger partial charge on any atom is 0.315 e. The van der Waals surface area contributed by atoms with Gasteiger partial charge in [0.25, 0.3) is 0 Å². The second kappa shape index (κ2) is 9.49. The van der Waals surface area contributed by atoms with Crippen LogP contribution in [-0.2, 0) is 17.9 Å². The number of rotatable bonds is 8. The molecule has 4 saturated carbocycles. The van der Waals surface area contributed by atoms with E-state index in [2.05, 4.69) is 20.6 Å². The minimum atomic E-state index is -0.127. The fraction of sp³-hybridized carbons (Fsp3) is 0.538. The smallest absolute Gasteiger partial charge is 0.315 e. The molecule has 4 aliphatic carbocycles. The summed E-state index contributed by atoms with van der Waals surface area (Å²) in [5.74, 6) is 2.36. The molecule has 2 aromatic heterocycles. The molecule has 4 aliphatic rings. The van der Waals surface area contributed by atoms with E-state index in [1.807, 2.05) is 29.2 Å². The highest BCUT2D eigenvalue weighted by molar-refractivity contribution is 5.78. The summed E-state index contributed by atoms with van der Waals surface area (Å²) >= 11 is 0. The Labute approximate surface area is 195 Å². The van der Waals surface area contributed by atoms with Crippen LogP contribution in [0.4, 0.5) is 4.79 Å². The van der Waals surface area contributed by atoms with Gasteiger partial charge in [0.1, 0.15) is 0 Å². The van der Waals surface area contributed by atoms with Crippen molar-refractivity contribution in [2.75, 3.05) is 6.54 Å². The van der Waals surface area contributed by atoms with Crippen LogP contribution in [0.1, 0.15) is 56.1 Å². The number of nitrogens with one attached hydrogen (secondary N) is 2. The summed E-state index contributed by atoms with van der Waals surface area (Å²) in [6.07, 6.45) is 14.7. The van der Waals surface area contributed by atoms with Crippen molar-refractivity contribution in [1.29, 1.82) is 0 Å². The van der Waals surface area contributed by atoms with Gasteiger partial charge in [-0.2, -0.15) is 0 Å². The van der Waals surface area contributed by atoms with Crippen LogP contribution in [0.3, 0.4) is 0 Å². The summed E-state index contributed by atoms with van der Waals surface area (Å²) in [6, 6.07) is 7.55. The van der Waals surface area contributed by atoms with Crippen molar-refractivity contribution in [3.05, 3.63) is 60.2 Å². The molecule has 2 N–H and O–H groups in total. The van der Waals surface area contributed by atoms with Gasteiger partial charge in [0.2, 0.25) is 5.91 Å². The van der Waals surface area contributed by atoms with Gasteiger partial charge in [-0.25, -0.2) is 4.79 Å². The number of nitrogens with zero attached hydrogens (tertiary/aromatic N) is 3. The highest BCUT2D eigenvalue weighted by Gasteiger charge is 2.51. The van der Waals surface area contributed by atoms with Crippen LogP contribution in [0.25, 0.3) is 0 Å². The number of amides is 3. The largest absolute Gasteiger partial charge is 0.338 e. The van der Waals surface area contributed by atoms with Crippen molar-refractivity contribution in [2.45, 2.75) is 63.6 Å². The molecule has 0 unspecified atom stereocenters. The van der Waals surface area contributed by atoms with E-state index in [0.717, 1.165) is 48.1 Å². The molecule has 7 heteroatoms. The van der Waals surface area contributed by atoms with E-state index in [9.17, 15) is 9.59 Å². The molecule has 0 aromatic carbocycles. The second-order valence-corrected chi connectivity index (χ2v) is 10.3. The Morgan fingerprint density at radius 2 is 1.58 bits per heavy atom. The van der Waals surface area contributed by atoms with Crippen LogP contribution in [0.15, 0.2) is 49.1 Å². The number of carbonyl (C=O) groups is 2. The summed E-state index contributed by atoms with van der Waals surface area (Å²) in [5.41, 5.74) is 1.98. The molecule has 2 aromatic rings. The zero-order valence-electron chi connectivity index (χ0n) is 19.1. The molecular formula is C26H33N5O2. The van der Waals surface area contributed by atoms with Crippen LogP contribution >= 0.6 is 0 Å². The minimum Gasteiger partial charge on any atom is -0.338 e. The average Bonchev–Trinajstić information content (AvgIpc) is 2.79. The van der Waals surface area contributed by atoms with Gasteiger partial charge in [-0.3, -0.25) is 14.8 Å². The van der Waals surface area contributed by atoms with E-state index in [1.165, 1.54) is 19.3 Å². The molecule has 0 atom stereocenters. The predicted octanol–water partition coefficient (Wildman–Crippen LogP) is 3.66. The monoisotopic (exact) mass is 447 g/mol.